The Labute approximate surface area is 141 Å². The van der Waals surface area contributed by atoms with Gasteiger partial charge < -0.3 is 14.9 Å². The molecule has 0 aliphatic carbocycles. The molecule has 24 heavy (non-hydrogen) atoms. The zero-order chi connectivity index (χ0) is 17.7. The van der Waals surface area contributed by atoms with E-state index in [2.05, 4.69) is 0 Å². The number of ketones is 1. The van der Waals surface area contributed by atoms with Crippen LogP contribution in [-0.4, -0.2) is 34.2 Å². The Morgan fingerprint density at radius 1 is 1.17 bits per heavy atom. The van der Waals surface area contributed by atoms with Crippen LogP contribution in [0.25, 0.3) is 6.08 Å². The first-order valence-electron chi connectivity index (χ1n) is 7.98. The maximum Gasteiger partial charge on any atom is 0.342 e. The number of carbonyl (C=O) groups is 2. The van der Waals surface area contributed by atoms with E-state index in [1.54, 1.807) is 31.2 Å². The molecule has 0 spiro atoms. The van der Waals surface area contributed by atoms with Crippen LogP contribution in [0.2, 0.25) is 0 Å². The van der Waals surface area contributed by atoms with Crippen molar-refractivity contribution in [2.24, 2.45) is 0 Å². The lowest BCUT2D eigenvalue weighted by Gasteiger charge is -2.15. The lowest BCUT2D eigenvalue weighted by atomic mass is 10.0. The Hall–Kier alpha value is -2.40. The Morgan fingerprint density at radius 2 is 1.92 bits per heavy atom. The molecule has 5 nitrogen and oxygen atoms in total. The van der Waals surface area contributed by atoms with E-state index in [4.69, 9.17) is 4.74 Å². The topological polar surface area (TPSA) is 83.8 Å². The quantitative estimate of drug-likeness (QED) is 0.715. The lowest BCUT2D eigenvalue weighted by Crippen LogP contribution is -2.18. The number of phenolic OH excluding ortho intramolecular Hbond substituents is 1. The van der Waals surface area contributed by atoms with Crippen LogP contribution in [0.3, 0.4) is 0 Å². The summed E-state index contributed by atoms with van der Waals surface area (Å²) in [4.78, 5) is 24.1. The molecular weight excluding hydrogens is 308 g/mol. The van der Waals surface area contributed by atoms with Gasteiger partial charge in [-0.15, -0.1) is 0 Å². The summed E-state index contributed by atoms with van der Waals surface area (Å²) >= 11 is 0. The number of esters is 1. The van der Waals surface area contributed by atoms with Gasteiger partial charge in [-0.1, -0.05) is 24.3 Å². The van der Waals surface area contributed by atoms with Gasteiger partial charge in [0.15, 0.2) is 5.78 Å². The van der Waals surface area contributed by atoms with Crippen LogP contribution in [0, 0.1) is 6.92 Å². The fraction of sp³-hybridized carbons (Fsp3) is 0.368. The van der Waals surface area contributed by atoms with E-state index in [-0.39, 0.29) is 17.1 Å². The summed E-state index contributed by atoms with van der Waals surface area (Å²) in [6.45, 7) is 3.52. The maximum atomic E-state index is 12.4. The average molecular weight is 330 g/mol. The number of benzene rings is 1. The first-order valence-corrected chi connectivity index (χ1v) is 7.98. The molecular formula is C19H22O5. The first kappa shape index (κ1) is 17.9. The smallest absolute Gasteiger partial charge is 0.342 e. The van der Waals surface area contributed by atoms with Gasteiger partial charge in [0.25, 0.3) is 0 Å². The Morgan fingerprint density at radius 3 is 2.67 bits per heavy atom. The number of hydrogen-bond acceptors (Lipinski definition) is 5. The van der Waals surface area contributed by atoms with Crippen molar-refractivity contribution >= 4 is 17.8 Å². The van der Waals surface area contributed by atoms with Gasteiger partial charge in [-0.25, -0.2) is 4.79 Å². The van der Waals surface area contributed by atoms with Crippen LogP contribution in [-0.2, 0) is 9.53 Å². The molecule has 2 atom stereocenters. The van der Waals surface area contributed by atoms with Gasteiger partial charge in [0, 0.05) is 6.42 Å². The van der Waals surface area contributed by atoms with E-state index in [0.29, 0.717) is 24.8 Å². The van der Waals surface area contributed by atoms with Crippen LogP contribution in [0.5, 0.6) is 5.75 Å². The van der Waals surface area contributed by atoms with Gasteiger partial charge in [-0.3, -0.25) is 4.79 Å². The number of ether oxygens (including phenoxy) is 1. The molecule has 1 aromatic rings. The molecule has 2 rings (SSSR count). The summed E-state index contributed by atoms with van der Waals surface area (Å²) in [7, 11) is 0. The molecule has 0 saturated heterocycles. The monoisotopic (exact) mass is 330 g/mol. The molecule has 0 unspecified atom stereocenters. The van der Waals surface area contributed by atoms with Crippen LogP contribution in [0.1, 0.15) is 47.7 Å². The van der Waals surface area contributed by atoms with Crippen molar-refractivity contribution in [1.82, 2.24) is 0 Å². The van der Waals surface area contributed by atoms with E-state index in [1.165, 1.54) is 12.1 Å². The minimum absolute atomic E-state index is 0.121. The van der Waals surface area contributed by atoms with Crippen molar-refractivity contribution in [2.45, 2.75) is 45.3 Å². The number of phenols is 1. The third-order valence-electron chi connectivity index (χ3n) is 3.79. The van der Waals surface area contributed by atoms with Crippen molar-refractivity contribution in [3.8, 4) is 5.75 Å². The molecule has 1 heterocycles. The number of aliphatic hydroxyl groups is 1. The molecule has 0 saturated carbocycles. The summed E-state index contributed by atoms with van der Waals surface area (Å²) in [6.07, 6.45) is 5.99. The molecule has 1 aliphatic rings. The van der Waals surface area contributed by atoms with E-state index in [0.717, 1.165) is 5.56 Å². The fourth-order valence-electron chi connectivity index (χ4n) is 2.53. The SMILES string of the molecule is Cc1cc(O)c2c(c1)/C=C/CC[C@H](O)C(=O)/C=C\C[C@H](C)OC2=O. The Bertz CT molecular complexity index is 687. The summed E-state index contributed by atoms with van der Waals surface area (Å²) in [5.74, 6) is -1.07. The minimum atomic E-state index is -1.04. The molecule has 2 N–H and O–H groups in total. The number of aliphatic hydroxyl groups excluding tert-OH is 1. The highest BCUT2D eigenvalue weighted by Gasteiger charge is 2.20. The van der Waals surface area contributed by atoms with Gasteiger partial charge in [-0.2, -0.15) is 0 Å². The zero-order valence-electron chi connectivity index (χ0n) is 13.9. The second-order valence-electron chi connectivity index (χ2n) is 6.00. The fourth-order valence-corrected chi connectivity index (χ4v) is 2.53. The van der Waals surface area contributed by atoms with Crippen LogP contribution < -0.4 is 0 Å². The number of fused-ring (bicyclic) bond motifs is 1. The highest BCUT2D eigenvalue weighted by atomic mass is 16.5. The average Bonchev–Trinajstić information content (AvgIpc) is 2.49. The number of hydrogen-bond donors (Lipinski definition) is 2. The molecule has 128 valence electrons. The highest BCUT2D eigenvalue weighted by molar-refractivity contribution is 5.97. The molecule has 1 aromatic carbocycles. The van der Waals surface area contributed by atoms with Crippen molar-refractivity contribution < 1.29 is 24.5 Å². The van der Waals surface area contributed by atoms with Crippen molar-refractivity contribution in [3.05, 3.63) is 47.1 Å². The standard InChI is InChI=1S/C19H22O5/c1-12-10-14-7-3-4-8-15(20)16(21)9-5-6-13(2)24-19(23)18(14)17(22)11-12/h3,5,7,9-11,13,15,20,22H,4,6,8H2,1-2H3/b7-3+,9-5-/t13-,15-/m0/s1. The molecule has 0 radical (unpaired) electrons. The predicted molar refractivity (Wildman–Crippen MR) is 90.8 cm³/mol. The molecule has 0 aromatic heterocycles. The first-order chi connectivity index (χ1) is 11.4. The van der Waals surface area contributed by atoms with Gasteiger partial charge in [0.05, 0.1) is 0 Å². The number of aromatic hydroxyl groups is 1. The van der Waals surface area contributed by atoms with Gasteiger partial charge in [-0.05, 0) is 50.0 Å². The maximum absolute atomic E-state index is 12.4. The van der Waals surface area contributed by atoms with E-state index >= 15 is 0 Å². The predicted octanol–water partition coefficient (Wildman–Crippen LogP) is 2.93. The third kappa shape index (κ3) is 4.55. The van der Waals surface area contributed by atoms with E-state index in [9.17, 15) is 19.8 Å². The van der Waals surface area contributed by atoms with Crippen molar-refractivity contribution in [1.29, 1.82) is 0 Å². The summed E-state index contributed by atoms with van der Waals surface area (Å²) in [6, 6.07) is 3.30. The number of rotatable bonds is 0. The molecule has 5 heteroatoms. The molecule has 0 fully saturated rings. The molecule has 0 amide bonds. The van der Waals surface area contributed by atoms with Crippen molar-refractivity contribution in [3.63, 3.8) is 0 Å². The molecule has 0 bridgehead atoms. The van der Waals surface area contributed by atoms with Crippen LogP contribution >= 0.6 is 0 Å². The third-order valence-corrected chi connectivity index (χ3v) is 3.79. The van der Waals surface area contributed by atoms with Gasteiger partial charge >= 0.3 is 5.97 Å². The number of allylic oxidation sites excluding steroid dienone is 1. The van der Waals surface area contributed by atoms with E-state index in [1.807, 2.05) is 6.92 Å². The zero-order valence-corrected chi connectivity index (χ0v) is 13.9. The number of cyclic esters (lactones) is 1. The second-order valence-corrected chi connectivity index (χ2v) is 6.00. The largest absolute Gasteiger partial charge is 0.507 e. The normalized spacial score (nSPS) is 25.3. The Balaban J connectivity index is 2.38. The van der Waals surface area contributed by atoms with Crippen LogP contribution in [0.15, 0.2) is 30.4 Å². The summed E-state index contributed by atoms with van der Waals surface area (Å²) < 4.78 is 5.35. The molecule has 1 aliphatic heterocycles. The summed E-state index contributed by atoms with van der Waals surface area (Å²) in [5, 5.41) is 20.0. The number of carbonyl (C=O) groups excluding carboxylic acids is 2. The summed E-state index contributed by atoms with van der Waals surface area (Å²) in [5.41, 5.74) is 1.50. The van der Waals surface area contributed by atoms with Crippen molar-refractivity contribution in [2.75, 3.05) is 0 Å². The number of aryl methyl sites for hydroxylation is 1. The lowest BCUT2D eigenvalue weighted by molar-refractivity contribution is -0.122. The minimum Gasteiger partial charge on any atom is -0.507 e. The second kappa shape index (κ2) is 7.93. The van der Waals surface area contributed by atoms with Gasteiger partial charge in [0.1, 0.15) is 23.5 Å². The Kier molecular flexibility index (Phi) is 5.93. The van der Waals surface area contributed by atoms with Crippen LogP contribution in [0.4, 0.5) is 0 Å². The van der Waals surface area contributed by atoms with Gasteiger partial charge in [0.2, 0.25) is 0 Å². The van der Waals surface area contributed by atoms with E-state index < -0.39 is 18.2 Å². The highest BCUT2D eigenvalue weighted by Crippen LogP contribution is 2.26.